The molecule has 0 unspecified atom stereocenters. The molecule has 0 aliphatic carbocycles. The molecule has 18 heavy (non-hydrogen) atoms. The molecule has 9 heteroatoms. The van der Waals surface area contributed by atoms with Crippen LogP contribution < -0.4 is 5.73 Å². The fourth-order valence-electron chi connectivity index (χ4n) is 1.41. The van der Waals surface area contributed by atoms with Gasteiger partial charge in [-0.1, -0.05) is 0 Å². The second-order valence-electron chi connectivity index (χ2n) is 4.37. The van der Waals surface area contributed by atoms with Crippen LogP contribution in [0.25, 0.3) is 0 Å². The summed E-state index contributed by atoms with van der Waals surface area (Å²) < 4.78 is 101. The van der Waals surface area contributed by atoms with E-state index in [4.69, 9.17) is 0 Å². The Morgan fingerprint density at radius 1 is 0.667 bits per heavy atom. The Morgan fingerprint density at radius 3 is 1.33 bits per heavy atom. The van der Waals surface area contributed by atoms with E-state index in [0.717, 1.165) is 0 Å². The highest BCUT2D eigenvalue weighted by molar-refractivity contribution is 4.85. The summed E-state index contributed by atoms with van der Waals surface area (Å²) in [5, 5.41) is 0. The molecule has 2 N–H and O–H groups in total. The van der Waals surface area contributed by atoms with E-state index in [9.17, 15) is 35.1 Å². The van der Waals surface area contributed by atoms with Crippen molar-refractivity contribution in [3.63, 3.8) is 0 Å². The van der Waals surface area contributed by atoms with Gasteiger partial charge >= 0.3 is 0 Å². The number of alkyl halides is 8. The van der Waals surface area contributed by atoms with Crippen molar-refractivity contribution in [1.82, 2.24) is 0 Å². The van der Waals surface area contributed by atoms with Crippen LogP contribution in [0.1, 0.15) is 26.2 Å². The molecule has 110 valence electrons. The minimum Gasteiger partial charge on any atom is -0.325 e. The average Bonchev–Trinajstić information content (AvgIpc) is 1.93. The van der Waals surface area contributed by atoms with Gasteiger partial charge in [-0.3, -0.25) is 0 Å². The van der Waals surface area contributed by atoms with Crippen molar-refractivity contribution >= 4 is 0 Å². The molecular weight excluding hydrogens is 274 g/mol. The Hall–Kier alpha value is -0.600. The summed E-state index contributed by atoms with van der Waals surface area (Å²) in [6.07, 6.45) is -6.68. The van der Waals surface area contributed by atoms with E-state index in [1.165, 1.54) is 0 Å². The second-order valence-corrected chi connectivity index (χ2v) is 4.37. The van der Waals surface area contributed by atoms with Crippen molar-refractivity contribution < 1.29 is 35.1 Å². The molecule has 0 heterocycles. The summed E-state index contributed by atoms with van der Waals surface area (Å²) >= 11 is 0. The smallest absolute Gasteiger partial charge is 0.265 e. The Labute approximate surface area is 98.3 Å². The lowest BCUT2D eigenvalue weighted by Crippen LogP contribution is -2.40. The van der Waals surface area contributed by atoms with Gasteiger partial charge in [0, 0.05) is 0 Å². The fraction of sp³-hybridized carbons (Fsp3) is 1.00. The van der Waals surface area contributed by atoms with E-state index in [-0.39, 0.29) is 6.92 Å². The van der Waals surface area contributed by atoms with E-state index >= 15 is 0 Å². The van der Waals surface area contributed by atoms with Gasteiger partial charge < -0.3 is 5.73 Å². The number of hydrogen-bond acceptors (Lipinski definition) is 1. The molecule has 0 aromatic heterocycles. The summed E-state index contributed by atoms with van der Waals surface area (Å²) in [5.41, 5.74) is 4.49. The van der Waals surface area contributed by atoms with Crippen LogP contribution in [0.5, 0.6) is 0 Å². The molecule has 0 aliphatic rings. The number of hydrogen-bond donors (Lipinski definition) is 1. The predicted octanol–water partition coefficient (Wildman–Crippen LogP) is 3.68. The normalized spacial score (nSPS) is 15.0. The van der Waals surface area contributed by atoms with Gasteiger partial charge in [0.1, 0.15) is 0 Å². The molecule has 0 aromatic carbocycles. The van der Waals surface area contributed by atoms with Crippen molar-refractivity contribution in [1.29, 1.82) is 0 Å². The maximum Gasteiger partial charge on any atom is 0.265 e. The molecule has 0 bridgehead atoms. The largest absolute Gasteiger partial charge is 0.325 e. The maximum atomic E-state index is 12.9. The van der Waals surface area contributed by atoms with Crippen molar-refractivity contribution in [2.45, 2.75) is 49.9 Å². The van der Waals surface area contributed by atoms with Gasteiger partial charge in [0.25, 0.3) is 23.7 Å². The summed E-state index contributed by atoms with van der Waals surface area (Å²) in [5.74, 6) is -16.8. The lowest BCUT2D eigenvalue weighted by molar-refractivity contribution is -0.174. The van der Waals surface area contributed by atoms with Crippen molar-refractivity contribution in [3.8, 4) is 0 Å². The molecule has 0 atom stereocenters. The van der Waals surface area contributed by atoms with Crippen LogP contribution >= 0.6 is 0 Å². The van der Waals surface area contributed by atoms with Gasteiger partial charge in [-0.15, -0.1) is 0 Å². The van der Waals surface area contributed by atoms with E-state index < -0.39 is 49.5 Å². The zero-order valence-corrected chi connectivity index (χ0v) is 9.43. The molecule has 0 aliphatic heterocycles. The van der Waals surface area contributed by atoms with Crippen LogP contribution in [0, 0.1) is 0 Å². The first-order chi connectivity index (χ1) is 7.68. The van der Waals surface area contributed by atoms with Gasteiger partial charge in [0.2, 0.25) is 0 Å². The lowest BCUT2D eigenvalue weighted by atomic mass is 9.99. The first-order valence-corrected chi connectivity index (χ1v) is 4.89. The lowest BCUT2D eigenvalue weighted by Gasteiger charge is -2.27. The summed E-state index contributed by atoms with van der Waals surface area (Å²) in [6, 6.07) is 0. The monoisotopic (exact) mass is 287 g/mol. The van der Waals surface area contributed by atoms with Crippen LogP contribution in [-0.2, 0) is 0 Å². The number of halogens is 8. The van der Waals surface area contributed by atoms with E-state index in [1.807, 2.05) is 0 Å². The number of nitrogens with two attached hydrogens (primary N) is 1. The molecule has 0 saturated carbocycles. The molecule has 1 nitrogen and oxygen atoms in total. The molecule has 0 amide bonds. The Bertz CT molecular complexity index is 270. The average molecular weight is 287 g/mol. The highest BCUT2D eigenvalue weighted by atomic mass is 19.3. The predicted molar refractivity (Wildman–Crippen MR) is 48.4 cm³/mol. The topological polar surface area (TPSA) is 26.0 Å². The highest BCUT2D eigenvalue weighted by Gasteiger charge is 2.51. The molecule has 0 rings (SSSR count). The maximum absolute atomic E-state index is 12.9. The third kappa shape index (κ3) is 7.67. The third-order valence-electron chi connectivity index (χ3n) is 1.90. The quantitative estimate of drug-likeness (QED) is 0.710. The summed E-state index contributed by atoms with van der Waals surface area (Å²) in [6.45, 7) is -1.30. The zero-order valence-electron chi connectivity index (χ0n) is 9.43. The standard InChI is InChI=1S/C9H13F8N/c1-6(10,11)2-7(12,13)3-8(14,15)4-9(16,17)5-18/h2-5,18H2,1H3. The van der Waals surface area contributed by atoms with Crippen LogP contribution in [0.3, 0.4) is 0 Å². The van der Waals surface area contributed by atoms with Crippen molar-refractivity contribution in [2.24, 2.45) is 5.73 Å². The van der Waals surface area contributed by atoms with Gasteiger partial charge in [-0.05, 0) is 6.92 Å². The Kier molecular flexibility index (Phi) is 5.01. The van der Waals surface area contributed by atoms with Gasteiger partial charge in [0.05, 0.1) is 25.8 Å². The van der Waals surface area contributed by atoms with Crippen LogP contribution in [-0.4, -0.2) is 30.2 Å². The van der Waals surface area contributed by atoms with Gasteiger partial charge in [-0.25, -0.2) is 35.1 Å². The highest BCUT2D eigenvalue weighted by Crippen LogP contribution is 2.41. The minimum absolute atomic E-state index is 0.132. The summed E-state index contributed by atoms with van der Waals surface area (Å²) in [7, 11) is 0. The Morgan fingerprint density at radius 2 is 1.00 bits per heavy atom. The Balaban J connectivity index is 4.66. The minimum atomic E-state index is -4.47. The van der Waals surface area contributed by atoms with Gasteiger partial charge in [0.15, 0.2) is 0 Å². The van der Waals surface area contributed by atoms with Gasteiger partial charge in [-0.2, -0.15) is 0 Å². The van der Waals surface area contributed by atoms with E-state index in [1.54, 1.807) is 0 Å². The first kappa shape index (κ1) is 17.4. The van der Waals surface area contributed by atoms with Crippen LogP contribution in [0.15, 0.2) is 0 Å². The molecule has 0 aromatic rings. The van der Waals surface area contributed by atoms with Crippen LogP contribution in [0.4, 0.5) is 35.1 Å². The summed E-state index contributed by atoms with van der Waals surface area (Å²) in [4.78, 5) is 0. The number of rotatable bonds is 7. The van der Waals surface area contributed by atoms with E-state index in [0.29, 0.717) is 0 Å². The molecular formula is C9H13F8N. The fourth-order valence-corrected chi connectivity index (χ4v) is 1.41. The molecule has 0 radical (unpaired) electrons. The zero-order chi connectivity index (χ0) is 14.8. The van der Waals surface area contributed by atoms with Crippen LogP contribution in [0.2, 0.25) is 0 Å². The molecule has 0 spiro atoms. The molecule has 0 saturated heterocycles. The van der Waals surface area contributed by atoms with Crippen molar-refractivity contribution in [2.75, 3.05) is 6.54 Å². The first-order valence-electron chi connectivity index (χ1n) is 4.89. The third-order valence-corrected chi connectivity index (χ3v) is 1.90. The SMILES string of the molecule is CC(F)(F)CC(F)(F)CC(F)(F)CC(F)(F)CN. The van der Waals surface area contributed by atoms with Crippen molar-refractivity contribution in [3.05, 3.63) is 0 Å². The molecule has 0 fully saturated rings. The second kappa shape index (κ2) is 5.18. The van der Waals surface area contributed by atoms with E-state index in [2.05, 4.69) is 5.73 Å².